The molecule has 0 bridgehead atoms. The third-order valence-corrected chi connectivity index (χ3v) is 3.28. The Morgan fingerprint density at radius 3 is 2.35 bits per heavy atom. The molecule has 1 aliphatic rings. The van der Waals surface area contributed by atoms with Crippen LogP contribution in [0.5, 0.6) is 0 Å². The van der Waals surface area contributed by atoms with Gasteiger partial charge in [-0.2, -0.15) is 19.3 Å². The first-order valence-corrected chi connectivity index (χ1v) is 6.09. The average molecular weight is 307 g/mol. The number of aliphatic hydroxyl groups is 1. The average Bonchev–Trinajstić information content (AvgIpc) is 2.33. The van der Waals surface area contributed by atoms with Crippen molar-refractivity contribution in [1.82, 2.24) is 4.90 Å². The van der Waals surface area contributed by atoms with Gasteiger partial charge in [0.25, 0.3) is 0 Å². The molecule has 2 rings (SSSR count). The van der Waals surface area contributed by atoms with Crippen LogP contribution >= 0.6 is 0 Å². The van der Waals surface area contributed by atoms with E-state index in [-0.39, 0.29) is 32.7 Å². The molecule has 0 aromatic heterocycles. The molecular formula is C14H20NOY-. The molecule has 1 N–H and O–H groups in total. The van der Waals surface area contributed by atoms with Crippen molar-refractivity contribution in [1.29, 1.82) is 0 Å². The third kappa shape index (κ3) is 5.17. The Hall–Kier alpha value is 0.244. The summed E-state index contributed by atoms with van der Waals surface area (Å²) < 4.78 is 0. The second kappa shape index (κ2) is 8.36. The fraction of sp³-hybridized carbons (Fsp3) is 0.500. The molecule has 0 saturated carbocycles. The van der Waals surface area contributed by atoms with E-state index in [0.717, 1.165) is 38.9 Å². The second-order valence-electron chi connectivity index (χ2n) is 4.49. The van der Waals surface area contributed by atoms with E-state index in [2.05, 4.69) is 35.2 Å². The van der Waals surface area contributed by atoms with Gasteiger partial charge in [0.1, 0.15) is 0 Å². The van der Waals surface area contributed by atoms with Crippen molar-refractivity contribution in [2.24, 2.45) is 0 Å². The van der Waals surface area contributed by atoms with Crippen LogP contribution in [0.25, 0.3) is 0 Å². The fourth-order valence-electron chi connectivity index (χ4n) is 2.28. The van der Waals surface area contributed by atoms with E-state index in [0.29, 0.717) is 6.61 Å². The molecule has 1 aromatic rings. The van der Waals surface area contributed by atoms with Gasteiger partial charge >= 0.3 is 0 Å². The number of likely N-dealkylation sites (tertiary alicyclic amines) is 1. The summed E-state index contributed by atoms with van der Waals surface area (Å²) in [7, 11) is 0. The largest absolute Gasteiger partial charge is 0.399 e. The van der Waals surface area contributed by atoms with Gasteiger partial charge in [0, 0.05) is 45.9 Å². The first-order valence-electron chi connectivity index (χ1n) is 6.09. The summed E-state index contributed by atoms with van der Waals surface area (Å²) in [5.41, 5.74) is 1.40. The summed E-state index contributed by atoms with van der Waals surface area (Å²) >= 11 is 0. The molecule has 1 radical (unpaired) electrons. The van der Waals surface area contributed by atoms with E-state index in [1.165, 1.54) is 11.5 Å². The maximum atomic E-state index is 8.89. The van der Waals surface area contributed by atoms with Crippen LogP contribution in [0, 0.1) is 5.92 Å². The van der Waals surface area contributed by atoms with Gasteiger partial charge in [0.2, 0.25) is 0 Å². The van der Waals surface area contributed by atoms with Crippen molar-refractivity contribution in [2.75, 3.05) is 19.7 Å². The standard InChI is InChI=1S/C14H20NO.Y/c16-11-8-13-6-9-15(10-7-13)12-14-4-2-1-3-5-14;/h1-5,16H,6-12H2;/q-1;. The number of benzene rings is 1. The van der Waals surface area contributed by atoms with Crippen LogP contribution in [0.15, 0.2) is 30.3 Å². The van der Waals surface area contributed by atoms with Crippen LogP contribution in [-0.2, 0) is 39.3 Å². The number of rotatable bonds is 4. The number of nitrogens with zero attached hydrogens (tertiary/aromatic N) is 1. The Morgan fingerprint density at radius 1 is 1.12 bits per heavy atom. The molecule has 1 fully saturated rings. The van der Waals surface area contributed by atoms with Gasteiger partial charge in [0.15, 0.2) is 0 Å². The Morgan fingerprint density at radius 2 is 1.76 bits per heavy atom. The zero-order chi connectivity index (χ0) is 11.2. The number of aliphatic hydroxyl groups excluding tert-OH is 1. The molecule has 91 valence electrons. The summed E-state index contributed by atoms with van der Waals surface area (Å²) in [5.74, 6) is 1.53. The van der Waals surface area contributed by atoms with Gasteiger partial charge in [-0.1, -0.05) is 30.3 Å². The maximum absolute atomic E-state index is 8.89. The summed E-state index contributed by atoms with van der Waals surface area (Å²) in [5, 5.41) is 8.89. The SMILES string of the molecule is OCC[C-]1CCN(Cc2ccccc2)CC1.[Y]. The van der Waals surface area contributed by atoms with Gasteiger partial charge in [0.05, 0.1) is 0 Å². The summed E-state index contributed by atoms with van der Waals surface area (Å²) in [4.78, 5) is 2.50. The molecule has 1 saturated heterocycles. The van der Waals surface area contributed by atoms with Crippen LogP contribution < -0.4 is 0 Å². The van der Waals surface area contributed by atoms with Crippen LogP contribution in [0.4, 0.5) is 0 Å². The zero-order valence-corrected chi connectivity index (χ0v) is 13.1. The minimum atomic E-state index is 0. The molecule has 1 aliphatic heterocycles. The molecule has 0 spiro atoms. The van der Waals surface area contributed by atoms with Crippen molar-refractivity contribution in [3.8, 4) is 0 Å². The van der Waals surface area contributed by atoms with Gasteiger partial charge in [-0.3, -0.25) is 0 Å². The van der Waals surface area contributed by atoms with Crippen molar-refractivity contribution in [3.05, 3.63) is 41.8 Å². The Bertz CT molecular complexity index is 296. The normalized spacial score (nSPS) is 17.7. The maximum Gasteiger partial charge on any atom is 0.0231 e. The zero-order valence-electron chi connectivity index (χ0n) is 10.3. The third-order valence-electron chi connectivity index (χ3n) is 3.28. The molecule has 0 atom stereocenters. The van der Waals surface area contributed by atoms with Crippen LogP contribution in [-0.4, -0.2) is 29.7 Å². The Balaban J connectivity index is 0.00000144. The summed E-state index contributed by atoms with van der Waals surface area (Å²) in [6.45, 7) is 3.66. The van der Waals surface area contributed by atoms with Gasteiger partial charge < -0.3 is 15.9 Å². The molecule has 0 amide bonds. The molecule has 0 unspecified atom stereocenters. The topological polar surface area (TPSA) is 23.5 Å². The first-order chi connectivity index (χ1) is 7.88. The quantitative estimate of drug-likeness (QED) is 0.863. The van der Waals surface area contributed by atoms with E-state index in [9.17, 15) is 0 Å². The van der Waals surface area contributed by atoms with Crippen LogP contribution in [0.1, 0.15) is 24.8 Å². The fourth-order valence-corrected chi connectivity index (χ4v) is 2.28. The summed E-state index contributed by atoms with van der Waals surface area (Å²) in [6, 6.07) is 10.6. The molecule has 0 aliphatic carbocycles. The minimum absolute atomic E-state index is 0. The molecule has 1 aromatic carbocycles. The van der Waals surface area contributed by atoms with Crippen LogP contribution in [0.2, 0.25) is 0 Å². The number of hydrogen-bond donors (Lipinski definition) is 1. The number of piperidine rings is 1. The second-order valence-corrected chi connectivity index (χ2v) is 4.49. The first kappa shape index (κ1) is 15.3. The van der Waals surface area contributed by atoms with E-state index in [1.807, 2.05) is 0 Å². The molecule has 1 heterocycles. The van der Waals surface area contributed by atoms with Crippen molar-refractivity contribution < 1.29 is 37.8 Å². The predicted octanol–water partition coefficient (Wildman–Crippen LogP) is 2.24. The van der Waals surface area contributed by atoms with E-state index < -0.39 is 0 Å². The molecule has 3 heteroatoms. The van der Waals surface area contributed by atoms with E-state index in [4.69, 9.17) is 5.11 Å². The van der Waals surface area contributed by atoms with Crippen molar-refractivity contribution in [2.45, 2.75) is 25.8 Å². The van der Waals surface area contributed by atoms with Crippen LogP contribution in [0.3, 0.4) is 0 Å². The molecule has 2 nitrogen and oxygen atoms in total. The van der Waals surface area contributed by atoms with E-state index >= 15 is 0 Å². The van der Waals surface area contributed by atoms with E-state index in [1.54, 1.807) is 0 Å². The number of hydrogen-bond acceptors (Lipinski definition) is 2. The van der Waals surface area contributed by atoms with Gasteiger partial charge in [-0.05, 0) is 18.7 Å². The smallest absolute Gasteiger partial charge is 0.0231 e. The Labute approximate surface area is 129 Å². The van der Waals surface area contributed by atoms with Crippen molar-refractivity contribution in [3.63, 3.8) is 0 Å². The van der Waals surface area contributed by atoms with Gasteiger partial charge in [-0.15, -0.1) is 0 Å². The summed E-state index contributed by atoms with van der Waals surface area (Å²) in [6.07, 6.45) is 3.22. The van der Waals surface area contributed by atoms with Crippen molar-refractivity contribution >= 4 is 0 Å². The Kier molecular flexibility index (Phi) is 7.53. The molecule has 17 heavy (non-hydrogen) atoms. The minimum Gasteiger partial charge on any atom is -0.399 e. The predicted molar refractivity (Wildman–Crippen MR) is 65.9 cm³/mol. The molecular weight excluding hydrogens is 287 g/mol. The van der Waals surface area contributed by atoms with Gasteiger partial charge in [-0.25, -0.2) is 0 Å². The monoisotopic (exact) mass is 307 g/mol.